The molecule has 0 aliphatic heterocycles. The van der Waals surface area contributed by atoms with E-state index in [1.807, 2.05) is 6.07 Å². The Kier molecular flexibility index (Phi) is 2.93. The maximum absolute atomic E-state index is 8.69. The molecule has 1 N–H and O–H groups in total. The standard InChI is InChI=1S/C8H12N4/c1-7(2,5-9)4-8(3,6-10)12-11/h11H,4H2,1-3H3/t8-/m1/s1. The number of nitrogens with one attached hydrogen (secondary N) is 1. The fourth-order valence-electron chi connectivity index (χ4n) is 1.00. The molecule has 12 heavy (non-hydrogen) atoms. The van der Waals surface area contributed by atoms with Crippen LogP contribution in [0.2, 0.25) is 0 Å². The highest BCUT2D eigenvalue weighted by Gasteiger charge is 2.32. The molecular formula is C8H12N4. The van der Waals surface area contributed by atoms with Crippen molar-refractivity contribution < 1.29 is 0 Å². The van der Waals surface area contributed by atoms with E-state index in [4.69, 9.17) is 16.1 Å². The van der Waals surface area contributed by atoms with Gasteiger partial charge < -0.3 is 0 Å². The Labute approximate surface area is 72.3 Å². The summed E-state index contributed by atoms with van der Waals surface area (Å²) < 4.78 is 0. The quantitative estimate of drug-likeness (QED) is 0.648. The Morgan fingerprint density at radius 3 is 2.00 bits per heavy atom. The minimum absolute atomic E-state index is 0.288. The van der Waals surface area contributed by atoms with Crippen molar-refractivity contribution in [2.24, 2.45) is 10.5 Å². The first-order chi connectivity index (χ1) is 5.39. The third kappa shape index (κ3) is 2.67. The monoisotopic (exact) mass is 164 g/mol. The van der Waals surface area contributed by atoms with Crippen LogP contribution in [0.15, 0.2) is 5.11 Å². The number of rotatable bonds is 3. The van der Waals surface area contributed by atoms with Crippen LogP contribution in [-0.2, 0) is 0 Å². The Hall–Kier alpha value is -1.42. The molecule has 0 rings (SSSR count). The molecule has 0 aromatic carbocycles. The molecule has 0 aliphatic rings. The summed E-state index contributed by atoms with van der Waals surface area (Å²) in [5.41, 5.74) is 5.15. The zero-order valence-corrected chi connectivity index (χ0v) is 7.55. The summed E-state index contributed by atoms with van der Waals surface area (Å²) in [5, 5.41) is 20.6. The maximum Gasteiger partial charge on any atom is 0.165 e. The molecule has 0 spiro atoms. The van der Waals surface area contributed by atoms with Crippen molar-refractivity contribution >= 4 is 0 Å². The first-order valence-electron chi connectivity index (χ1n) is 3.60. The number of hydrogen-bond donors (Lipinski definition) is 1. The molecule has 0 aromatic heterocycles. The molecule has 0 unspecified atom stereocenters. The van der Waals surface area contributed by atoms with Gasteiger partial charge in [0.15, 0.2) is 5.54 Å². The lowest BCUT2D eigenvalue weighted by molar-refractivity contribution is 0.353. The van der Waals surface area contributed by atoms with Gasteiger partial charge in [0.1, 0.15) is 0 Å². The third-order valence-electron chi connectivity index (χ3n) is 1.58. The highest BCUT2D eigenvalue weighted by atomic mass is 15.0. The van der Waals surface area contributed by atoms with Crippen LogP contribution >= 0.6 is 0 Å². The van der Waals surface area contributed by atoms with Crippen molar-refractivity contribution in [3.05, 3.63) is 0 Å². The van der Waals surface area contributed by atoms with Gasteiger partial charge in [0.2, 0.25) is 0 Å². The fourth-order valence-corrected chi connectivity index (χ4v) is 1.00. The summed E-state index contributed by atoms with van der Waals surface area (Å²) in [4.78, 5) is 0. The Morgan fingerprint density at radius 2 is 1.75 bits per heavy atom. The van der Waals surface area contributed by atoms with E-state index in [2.05, 4.69) is 11.2 Å². The van der Waals surface area contributed by atoms with Crippen LogP contribution < -0.4 is 0 Å². The second kappa shape index (κ2) is 3.32. The van der Waals surface area contributed by atoms with Crippen LogP contribution in [0.3, 0.4) is 0 Å². The molecule has 0 aliphatic carbocycles. The molecule has 4 nitrogen and oxygen atoms in total. The van der Waals surface area contributed by atoms with E-state index in [-0.39, 0.29) is 6.42 Å². The predicted octanol–water partition coefficient (Wildman–Crippen LogP) is 2.24. The van der Waals surface area contributed by atoms with Gasteiger partial charge in [-0.15, -0.1) is 0 Å². The summed E-state index contributed by atoms with van der Waals surface area (Å²) in [6.07, 6.45) is 0.288. The lowest BCUT2D eigenvalue weighted by Gasteiger charge is -2.22. The van der Waals surface area contributed by atoms with Crippen molar-refractivity contribution in [1.29, 1.82) is 16.1 Å². The highest BCUT2D eigenvalue weighted by molar-refractivity contribution is 5.09. The van der Waals surface area contributed by atoms with E-state index in [0.29, 0.717) is 0 Å². The van der Waals surface area contributed by atoms with Gasteiger partial charge >= 0.3 is 0 Å². The topological polar surface area (TPSA) is 83.8 Å². The number of nitriles is 2. The molecule has 0 heterocycles. The van der Waals surface area contributed by atoms with E-state index in [1.165, 1.54) is 0 Å². The van der Waals surface area contributed by atoms with E-state index in [0.717, 1.165) is 0 Å². The smallest absolute Gasteiger partial charge is 0.165 e. The minimum atomic E-state index is -1.06. The van der Waals surface area contributed by atoms with Gasteiger partial charge in [0, 0.05) is 6.42 Å². The zero-order chi connectivity index (χ0) is 9.83. The molecule has 0 amide bonds. The summed E-state index contributed by atoms with van der Waals surface area (Å²) in [6, 6.07) is 3.98. The molecule has 64 valence electrons. The van der Waals surface area contributed by atoms with Crippen LogP contribution in [-0.4, -0.2) is 5.54 Å². The molecule has 4 heteroatoms. The second-order valence-corrected chi connectivity index (χ2v) is 3.67. The Balaban J connectivity index is 4.57. The van der Waals surface area contributed by atoms with E-state index in [9.17, 15) is 0 Å². The summed E-state index contributed by atoms with van der Waals surface area (Å²) >= 11 is 0. The van der Waals surface area contributed by atoms with Crippen LogP contribution in [0.5, 0.6) is 0 Å². The van der Waals surface area contributed by atoms with Crippen LogP contribution in [0, 0.1) is 33.6 Å². The summed E-state index contributed by atoms with van der Waals surface area (Å²) in [5.74, 6) is 0. The van der Waals surface area contributed by atoms with Gasteiger partial charge in [-0.1, -0.05) is 0 Å². The van der Waals surface area contributed by atoms with Gasteiger partial charge in [-0.3, -0.25) is 0 Å². The lowest BCUT2D eigenvalue weighted by atomic mass is 9.81. The van der Waals surface area contributed by atoms with E-state index < -0.39 is 11.0 Å². The molecule has 0 saturated carbocycles. The average molecular weight is 164 g/mol. The van der Waals surface area contributed by atoms with Crippen molar-refractivity contribution in [3.8, 4) is 12.1 Å². The van der Waals surface area contributed by atoms with Crippen molar-refractivity contribution in [3.63, 3.8) is 0 Å². The molecule has 1 atom stereocenters. The van der Waals surface area contributed by atoms with Crippen molar-refractivity contribution in [1.82, 2.24) is 0 Å². The summed E-state index contributed by atoms with van der Waals surface area (Å²) in [7, 11) is 0. The van der Waals surface area contributed by atoms with Gasteiger partial charge in [-0.25, -0.2) is 5.53 Å². The predicted molar refractivity (Wildman–Crippen MR) is 43.2 cm³/mol. The van der Waals surface area contributed by atoms with E-state index in [1.54, 1.807) is 20.8 Å². The SMILES string of the molecule is CC(C)(C#N)C[C@](C)(C#N)N=N. The highest BCUT2D eigenvalue weighted by Crippen LogP contribution is 2.28. The Morgan fingerprint density at radius 1 is 1.25 bits per heavy atom. The Bertz CT molecular complexity index is 255. The fraction of sp³-hybridized carbons (Fsp3) is 0.750. The van der Waals surface area contributed by atoms with E-state index >= 15 is 0 Å². The van der Waals surface area contributed by atoms with Crippen LogP contribution in [0.1, 0.15) is 27.2 Å². The first-order valence-corrected chi connectivity index (χ1v) is 3.60. The molecule has 0 bridgehead atoms. The van der Waals surface area contributed by atoms with Gasteiger partial charge in [-0.2, -0.15) is 15.6 Å². The third-order valence-corrected chi connectivity index (χ3v) is 1.58. The zero-order valence-electron chi connectivity index (χ0n) is 7.55. The molecular weight excluding hydrogens is 152 g/mol. The van der Waals surface area contributed by atoms with Crippen LogP contribution in [0.25, 0.3) is 0 Å². The average Bonchev–Trinajstić information content (AvgIpc) is 2.04. The van der Waals surface area contributed by atoms with Gasteiger partial charge in [0.25, 0.3) is 0 Å². The molecule has 0 radical (unpaired) electrons. The van der Waals surface area contributed by atoms with Gasteiger partial charge in [-0.05, 0) is 20.8 Å². The van der Waals surface area contributed by atoms with Crippen LogP contribution in [0.4, 0.5) is 0 Å². The maximum atomic E-state index is 8.69. The molecule has 0 fully saturated rings. The normalized spacial score (nSPS) is 15.4. The first kappa shape index (κ1) is 10.6. The number of nitrogens with zero attached hydrogens (tertiary/aromatic N) is 3. The van der Waals surface area contributed by atoms with Crippen molar-refractivity contribution in [2.45, 2.75) is 32.7 Å². The van der Waals surface area contributed by atoms with Crippen molar-refractivity contribution in [2.75, 3.05) is 0 Å². The number of hydrogen-bond acceptors (Lipinski definition) is 4. The summed E-state index contributed by atoms with van der Waals surface area (Å²) in [6.45, 7) is 5.01. The lowest BCUT2D eigenvalue weighted by Crippen LogP contribution is -2.26. The molecule has 0 saturated heterocycles. The largest absolute Gasteiger partial charge is 0.208 e. The molecule has 0 aromatic rings. The minimum Gasteiger partial charge on any atom is -0.208 e. The van der Waals surface area contributed by atoms with Gasteiger partial charge in [0.05, 0.1) is 17.6 Å². The second-order valence-electron chi connectivity index (χ2n) is 3.67.